The van der Waals surface area contributed by atoms with Gasteiger partial charge < -0.3 is 15.2 Å². The van der Waals surface area contributed by atoms with Gasteiger partial charge in [-0.15, -0.1) is 24.0 Å². The Morgan fingerprint density at radius 3 is 2.45 bits per heavy atom. The number of hydrogen-bond acceptors (Lipinski definition) is 4. The number of aliphatic imine (C=N–C) groups is 1. The summed E-state index contributed by atoms with van der Waals surface area (Å²) in [5, 5.41) is 10.5. The van der Waals surface area contributed by atoms with E-state index in [2.05, 4.69) is 40.9 Å². The average molecular weight is 412 g/mol. The maximum absolute atomic E-state index is 5.14. The van der Waals surface area contributed by atoms with Crippen LogP contribution in [0.5, 0.6) is 0 Å². The third kappa shape index (κ3) is 5.90. The zero-order valence-corrected chi connectivity index (χ0v) is 16.2. The first-order valence-electron chi connectivity index (χ1n) is 6.31. The molecule has 0 aliphatic heterocycles. The summed E-state index contributed by atoms with van der Waals surface area (Å²) in [6.07, 6.45) is 2.11. The summed E-state index contributed by atoms with van der Waals surface area (Å²) in [7, 11) is 1.77. The Bertz CT molecular complexity index is 426. The maximum Gasteiger partial charge on any atom is 0.191 e. The minimum absolute atomic E-state index is 0. The van der Waals surface area contributed by atoms with Crippen LogP contribution in [0.25, 0.3) is 0 Å². The monoisotopic (exact) mass is 412 g/mol. The number of aromatic nitrogens is 1. The first-order valence-corrected chi connectivity index (χ1v) is 7.53. The fourth-order valence-electron chi connectivity index (χ4n) is 1.52. The van der Waals surface area contributed by atoms with Gasteiger partial charge in [0.2, 0.25) is 0 Å². The highest BCUT2D eigenvalue weighted by molar-refractivity contribution is 14.0. The van der Waals surface area contributed by atoms with Crippen LogP contribution in [-0.4, -0.2) is 35.7 Å². The van der Waals surface area contributed by atoms with Gasteiger partial charge in [0, 0.05) is 30.4 Å². The standard InChI is InChI=1S/C13H24N4OS.HI/c1-9-11(10(2)18-17-9)7-15-12(14-5)16-8-13(3,4)19-6;/h7-8H2,1-6H3,(H2,14,15,16);1H. The molecule has 2 N–H and O–H groups in total. The van der Waals surface area contributed by atoms with Gasteiger partial charge in [-0.3, -0.25) is 4.99 Å². The molecule has 0 aliphatic carbocycles. The fourth-order valence-corrected chi connectivity index (χ4v) is 1.73. The van der Waals surface area contributed by atoms with Crippen LogP contribution in [0.1, 0.15) is 30.9 Å². The predicted molar refractivity (Wildman–Crippen MR) is 97.2 cm³/mol. The lowest BCUT2D eigenvalue weighted by Gasteiger charge is -2.23. The number of thioether (sulfide) groups is 1. The van der Waals surface area contributed by atoms with Crippen molar-refractivity contribution in [1.82, 2.24) is 15.8 Å². The normalized spacial score (nSPS) is 12.0. The second-order valence-electron chi connectivity index (χ2n) is 5.05. The van der Waals surface area contributed by atoms with Gasteiger partial charge in [0.15, 0.2) is 5.96 Å². The van der Waals surface area contributed by atoms with E-state index in [0.29, 0.717) is 6.54 Å². The highest BCUT2D eigenvalue weighted by atomic mass is 127. The summed E-state index contributed by atoms with van der Waals surface area (Å²) in [6.45, 7) is 9.79. The summed E-state index contributed by atoms with van der Waals surface area (Å²) in [5.41, 5.74) is 2.01. The molecule has 7 heteroatoms. The van der Waals surface area contributed by atoms with Crippen molar-refractivity contribution in [3.05, 3.63) is 17.0 Å². The molecule has 1 rings (SSSR count). The minimum Gasteiger partial charge on any atom is -0.361 e. The van der Waals surface area contributed by atoms with E-state index in [-0.39, 0.29) is 28.7 Å². The molecule has 1 heterocycles. The lowest BCUT2D eigenvalue weighted by atomic mass is 10.2. The SMILES string of the molecule is CN=C(NCc1c(C)noc1C)NCC(C)(C)SC.I. The van der Waals surface area contributed by atoms with E-state index < -0.39 is 0 Å². The van der Waals surface area contributed by atoms with Gasteiger partial charge in [0.05, 0.1) is 5.69 Å². The van der Waals surface area contributed by atoms with Crippen molar-refractivity contribution in [2.24, 2.45) is 4.99 Å². The molecule has 0 radical (unpaired) electrons. The Balaban J connectivity index is 0.00000361. The van der Waals surface area contributed by atoms with E-state index in [4.69, 9.17) is 4.52 Å². The smallest absolute Gasteiger partial charge is 0.191 e. The van der Waals surface area contributed by atoms with Crippen molar-refractivity contribution in [2.45, 2.75) is 39.0 Å². The van der Waals surface area contributed by atoms with Crippen LogP contribution in [0, 0.1) is 13.8 Å². The lowest BCUT2D eigenvalue weighted by Crippen LogP contribution is -2.43. The molecular weight excluding hydrogens is 387 g/mol. The molecule has 1 aromatic rings. The number of halogens is 1. The molecule has 0 saturated carbocycles. The summed E-state index contributed by atoms with van der Waals surface area (Å²) < 4.78 is 5.32. The summed E-state index contributed by atoms with van der Waals surface area (Å²) in [6, 6.07) is 0. The molecule has 0 bridgehead atoms. The molecule has 0 atom stereocenters. The summed E-state index contributed by atoms with van der Waals surface area (Å²) in [5.74, 6) is 1.65. The van der Waals surface area contributed by atoms with Gasteiger partial charge in [-0.25, -0.2) is 0 Å². The van der Waals surface area contributed by atoms with Crippen LogP contribution >= 0.6 is 35.7 Å². The van der Waals surface area contributed by atoms with Crippen LogP contribution in [0.4, 0.5) is 0 Å². The topological polar surface area (TPSA) is 62.5 Å². The molecule has 0 fully saturated rings. The van der Waals surface area contributed by atoms with E-state index in [1.807, 2.05) is 25.6 Å². The van der Waals surface area contributed by atoms with Crippen LogP contribution in [-0.2, 0) is 6.54 Å². The number of aryl methyl sites for hydroxylation is 2. The Morgan fingerprint density at radius 2 is 2.00 bits per heavy atom. The van der Waals surface area contributed by atoms with Gasteiger partial charge >= 0.3 is 0 Å². The van der Waals surface area contributed by atoms with E-state index in [1.54, 1.807) is 7.05 Å². The highest BCUT2D eigenvalue weighted by Gasteiger charge is 2.16. The van der Waals surface area contributed by atoms with Crippen molar-refractivity contribution in [3.8, 4) is 0 Å². The highest BCUT2D eigenvalue weighted by Crippen LogP contribution is 2.19. The third-order valence-corrected chi connectivity index (χ3v) is 4.32. The molecule has 0 saturated heterocycles. The Hall–Kier alpha value is -0.440. The van der Waals surface area contributed by atoms with Gasteiger partial charge in [-0.1, -0.05) is 5.16 Å². The number of rotatable bonds is 5. The molecular formula is C13H25IN4OS. The van der Waals surface area contributed by atoms with E-state index in [0.717, 1.165) is 29.5 Å². The van der Waals surface area contributed by atoms with Gasteiger partial charge in [-0.2, -0.15) is 11.8 Å². The third-order valence-electron chi connectivity index (χ3n) is 3.07. The molecule has 1 aromatic heterocycles. The molecule has 116 valence electrons. The first-order chi connectivity index (χ1) is 8.89. The molecule has 0 amide bonds. The first kappa shape index (κ1) is 19.6. The van der Waals surface area contributed by atoms with Crippen molar-refractivity contribution in [3.63, 3.8) is 0 Å². The van der Waals surface area contributed by atoms with E-state index in [9.17, 15) is 0 Å². The fraction of sp³-hybridized carbons (Fsp3) is 0.692. The Morgan fingerprint density at radius 1 is 1.35 bits per heavy atom. The maximum atomic E-state index is 5.14. The Kier molecular flexibility index (Phi) is 8.57. The van der Waals surface area contributed by atoms with Crippen molar-refractivity contribution < 1.29 is 4.52 Å². The van der Waals surface area contributed by atoms with Gasteiger partial charge in [0.1, 0.15) is 5.76 Å². The van der Waals surface area contributed by atoms with Crippen LogP contribution < -0.4 is 10.6 Å². The van der Waals surface area contributed by atoms with E-state index in [1.165, 1.54) is 0 Å². The second-order valence-corrected chi connectivity index (χ2v) is 6.56. The minimum atomic E-state index is 0. The van der Waals surface area contributed by atoms with Crippen molar-refractivity contribution in [2.75, 3.05) is 19.8 Å². The molecule has 0 aromatic carbocycles. The quantitative estimate of drug-likeness (QED) is 0.443. The number of hydrogen-bond donors (Lipinski definition) is 2. The molecule has 0 spiro atoms. The van der Waals surface area contributed by atoms with Gasteiger partial charge in [-0.05, 0) is 34.0 Å². The largest absolute Gasteiger partial charge is 0.361 e. The molecule has 5 nitrogen and oxygen atoms in total. The number of nitrogens with zero attached hydrogens (tertiary/aromatic N) is 2. The number of guanidine groups is 1. The Labute approximate surface area is 142 Å². The second kappa shape index (κ2) is 8.76. The van der Waals surface area contributed by atoms with Gasteiger partial charge in [0.25, 0.3) is 0 Å². The summed E-state index contributed by atoms with van der Waals surface area (Å²) >= 11 is 1.83. The van der Waals surface area contributed by atoms with Crippen LogP contribution in [0.15, 0.2) is 9.52 Å². The van der Waals surface area contributed by atoms with Crippen LogP contribution in [0.2, 0.25) is 0 Å². The average Bonchev–Trinajstić information content (AvgIpc) is 2.70. The van der Waals surface area contributed by atoms with E-state index >= 15 is 0 Å². The lowest BCUT2D eigenvalue weighted by molar-refractivity contribution is 0.392. The molecule has 0 unspecified atom stereocenters. The van der Waals surface area contributed by atoms with Crippen molar-refractivity contribution >= 4 is 41.7 Å². The number of nitrogens with one attached hydrogen (secondary N) is 2. The van der Waals surface area contributed by atoms with Crippen molar-refractivity contribution in [1.29, 1.82) is 0 Å². The van der Waals surface area contributed by atoms with Crippen LogP contribution in [0.3, 0.4) is 0 Å². The molecule has 0 aliphatic rings. The zero-order valence-electron chi connectivity index (χ0n) is 13.0. The summed E-state index contributed by atoms with van der Waals surface area (Å²) in [4.78, 5) is 4.22. The zero-order chi connectivity index (χ0) is 14.5. The molecule has 20 heavy (non-hydrogen) atoms. The predicted octanol–water partition coefficient (Wildman–Crippen LogP) is 2.72.